The summed E-state index contributed by atoms with van der Waals surface area (Å²) in [5, 5.41) is 3.01. The van der Waals surface area contributed by atoms with Crippen molar-refractivity contribution in [2.75, 3.05) is 18.1 Å². The summed E-state index contributed by atoms with van der Waals surface area (Å²) in [6.45, 7) is 1.41. The summed E-state index contributed by atoms with van der Waals surface area (Å²) in [6.07, 6.45) is 5.94. The molecule has 3 rings (SSSR count). The molecule has 1 amide bonds. The standard InChI is InChI=1S/C21H29NO4S2/c1-15(20(24)22-17-6-4-2-3-5-7-17)26-19(23)14-25-18-10-8-16(9-11-18)21-27-12-13-28-21/h8-11,15,17,21H,2-7,12-14H2,1H3,(H,22,24)/t15-/m0/s1. The van der Waals surface area contributed by atoms with Gasteiger partial charge in [0, 0.05) is 17.5 Å². The van der Waals surface area contributed by atoms with Gasteiger partial charge in [-0.15, -0.1) is 23.5 Å². The van der Waals surface area contributed by atoms with Crippen molar-refractivity contribution in [2.45, 2.75) is 62.2 Å². The molecule has 28 heavy (non-hydrogen) atoms. The van der Waals surface area contributed by atoms with Gasteiger partial charge in [-0.2, -0.15) is 0 Å². The van der Waals surface area contributed by atoms with Crippen LogP contribution in [0.3, 0.4) is 0 Å². The average Bonchev–Trinajstić information content (AvgIpc) is 3.12. The van der Waals surface area contributed by atoms with Crippen molar-refractivity contribution in [3.63, 3.8) is 0 Å². The molecule has 2 fully saturated rings. The Morgan fingerprint density at radius 3 is 2.36 bits per heavy atom. The first-order chi connectivity index (χ1) is 13.6. The van der Waals surface area contributed by atoms with Gasteiger partial charge in [-0.3, -0.25) is 4.79 Å². The van der Waals surface area contributed by atoms with Crippen molar-refractivity contribution >= 4 is 35.4 Å². The van der Waals surface area contributed by atoms with Crippen molar-refractivity contribution in [1.29, 1.82) is 0 Å². The Labute approximate surface area is 175 Å². The molecule has 1 aliphatic heterocycles. The Morgan fingerprint density at radius 2 is 1.71 bits per heavy atom. The van der Waals surface area contributed by atoms with Gasteiger partial charge in [-0.05, 0) is 37.5 Å². The molecule has 1 aromatic rings. The van der Waals surface area contributed by atoms with Gasteiger partial charge in [0.25, 0.3) is 5.91 Å². The summed E-state index contributed by atoms with van der Waals surface area (Å²) in [5.74, 6) is 2.24. The fourth-order valence-electron chi connectivity index (χ4n) is 3.44. The van der Waals surface area contributed by atoms with Crippen LogP contribution in [0.15, 0.2) is 24.3 Å². The lowest BCUT2D eigenvalue weighted by Gasteiger charge is -2.19. The molecule has 154 valence electrons. The number of carbonyl (C=O) groups excluding carboxylic acids is 2. The number of thioether (sulfide) groups is 2. The highest BCUT2D eigenvalue weighted by atomic mass is 32.2. The van der Waals surface area contributed by atoms with E-state index < -0.39 is 12.1 Å². The van der Waals surface area contributed by atoms with Crippen LogP contribution >= 0.6 is 23.5 Å². The van der Waals surface area contributed by atoms with E-state index in [9.17, 15) is 9.59 Å². The first-order valence-electron chi connectivity index (χ1n) is 10.1. The van der Waals surface area contributed by atoms with Gasteiger partial charge in [0.2, 0.25) is 0 Å². The summed E-state index contributed by atoms with van der Waals surface area (Å²) in [5.41, 5.74) is 1.27. The van der Waals surface area contributed by atoms with Crippen molar-refractivity contribution in [1.82, 2.24) is 5.32 Å². The first kappa shape index (κ1) is 21.4. The van der Waals surface area contributed by atoms with E-state index >= 15 is 0 Å². The highest BCUT2D eigenvalue weighted by molar-refractivity contribution is 8.19. The van der Waals surface area contributed by atoms with Crippen LogP contribution < -0.4 is 10.1 Å². The lowest BCUT2D eigenvalue weighted by Crippen LogP contribution is -2.42. The van der Waals surface area contributed by atoms with E-state index in [1.807, 2.05) is 47.8 Å². The largest absolute Gasteiger partial charge is 0.482 e. The molecular weight excluding hydrogens is 394 g/mol. The van der Waals surface area contributed by atoms with Gasteiger partial charge in [0.05, 0.1) is 4.58 Å². The topological polar surface area (TPSA) is 64.6 Å². The van der Waals surface area contributed by atoms with Crippen LogP contribution in [-0.2, 0) is 14.3 Å². The third-order valence-electron chi connectivity index (χ3n) is 5.01. The molecule has 1 aliphatic carbocycles. The Morgan fingerprint density at radius 1 is 1.07 bits per heavy atom. The van der Waals surface area contributed by atoms with E-state index in [1.165, 1.54) is 29.9 Å². The van der Waals surface area contributed by atoms with Crippen molar-refractivity contribution in [3.05, 3.63) is 29.8 Å². The molecule has 2 aliphatic rings. The summed E-state index contributed by atoms with van der Waals surface area (Å²) in [4.78, 5) is 24.3. The maximum absolute atomic E-state index is 12.3. The minimum atomic E-state index is -0.807. The highest BCUT2D eigenvalue weighted by Crippen LogP contribution is 2.45. The maximum Gasteiger partial charge on any atom is 0.344 e. The molecule has 0 radical (unpaired) electrons. The zero-order valence-electron chi connectivity index (χ0n) is 16.4. The van der Waals surface area contributed by atoms with E-state index in [0.717, 1.165) is 25.7 Å². The number of rotatable bonds is 7. The fraction of sp³-hybridized carbons (Fsp3) is 0.619. The van der Waals surface area contributed by atoms with Crippen LogP contribution in [-0.4, -0.2) is 42.1 Å². The Kier molecular flexibility index (Phi) is 8.40. The molecule has 1 saturated heterocycles. The van der Waals surface area contributed by atoms with Gasteiger partial charge in [0.15, 0.2) is 12.7 Å². The molecule has 0 bridgehead atoms. The second kappa shape index (κ2) is 11.0. The molecule has 1 saturated carbocycles. The number of nitrogens with one attached hydrogen (secondary N) is 1. The minimum Gasteiger partial charge on any atom is -0.482 e. The summed E-state index contributed by atoms with van der Waals surface area (Å²) < 4.78 is 11.2. The Balaban J connectivity index is 1.38. The van der Waals surface area contributed by atoms with Crippen LogP contribution in [0.5, 0.6) is 5.75 Å². The average molecular weight is 424 g/mol. The van der Waals surface area contributed by atoms with E-state index in [0.29, 0.717) is 10.3 Å². The number of hydrogen-bond acceptors (Lipinski definition) is 6. The molecule has 1 atom stereocenters. The lowest BCUT2D eigenvalue weighted by atomic mass is 10.1. The number of esters is 1. The van der Waals surface area contributed by atoms with Crippen molar-refractivity contribution in [2.24, 2.45) is 0 Å². The van der Waals surface area contributed by atoms with Crippen LogP contribution in [0.2, 0.25) is 0 Å². The van der Waals surface area contributed by atoms with Gasteiger partial charge in [-0.25, -0.2) is 4.79 Å². The highest BCUT2D eigenvalue weighted by Gasteiger charge is 2.22. The Bertz CT molecular complexity index is 638. The number of amides is 1. The zero-order chi connectivity index (χ0) is 19.8. The predicted octanol–water partition coefficient (Wildman–Crippen LogP) is 4.31. The molecular formula is C21H29NO4S2. The molecule has 1 aromatic carbocycles. The molecule has 0 unspecified atom stereocenters. The van der Waals surface area contributed by atoms with Gasteiger partial charge < -0.3 is 14.8 Å². The lowest BCUT2D eigenvalue weighted by molar-refractivity contribution is -0.156. The number of hydrogen-bond donors (Lipinski definition) is 1. The normalized spacial score (nSPS) is 19.6. The number of carbonyl (C=O) groups is 2. The number of ether oxygens (including phenoxy) is 2. The molecule has 1 N–H and O–H groups in total. The SMILES string of the molecule is C[C@H](OC(=O)COc1ccc(C2SCCS2)cc1)C(=O)NC1CCCCCC1. The van der Waals surface area contributed by atoms with Crippen LogP contribution in [0.1, 0.15) is 55.6 Å². The van der Waals surface area contributed by atoms with Crippen LogP contribution in [0.4, 0.5) is 0 Å². The fourth-order valence-corrected chi connectivity index (χ4v) is 6.30. The quantitative estimate of drug-likeness (QED) is 0.521. The van der Waals surface area contributed by atoms with E-state index in [-0.39, 0.29) is 18.6 Å². The summed E-state index contributed by atoms with van der Waals surface area (Å²) in [7, 11) is 0. The predicted molar refractivity (Wildman–Crippen MR) is 115 cm³/mol. The third-order valence-corrected chi connectivity index (χ3v) is 8.11. The second-order valence-corrected chi connectivity index (χ2v) is 9.98. The number of benzene rings is 1. The monoisotopic (exact) mass is 423 g/mol. The molecule has 0 spiro atoms. The molecule has 5 nitrogen and oxygen atoms in total. The van der Waals surface area contributed by atoms with Crippen LogP contribution in [0, 0.1) is 0 Å². The minimum absolute atomic E-state index is 0.196. The zero-order valence-corrected chi connectivity index (χ0v) is 18.0. The smallest absolute Gasteiger partial charge is 0.344 e. The van der Waals surface area contributed by atoms with Gasteiger partial charge in [-0.1, -0.05) is 37.8 Å². The van der Waals surface area contributed by atoms with Crippen molar-refractivity contribution in [3.8, 4) is 5.75 Å². The first-order valence-corrected chi connectivity index (χ1v) is 12.2. The van der Waals surface area contributed by atoms with Crippen molar-refractivity contribution < 1.29 is 19.1 Å². The summed E-state index contributed by atoms with van der Waals surface area (Å²) >= 11 is 3.91. The van der Waals surface area contributed by atoms with Gasteiger partial charge >= 0.3 is 5.97 Å². The van der Waals surface area contributed by atoms with Crippen LogP contribution in [0.25, 0.3) is 0 Å². The maximum atomic E-state index is 12.3. The van der Waals surface area contributed by atoms with E-state index in [2.05, 4.69) is 5.32 Å². The molecule has 0 aromatic heterocycles. The van der Waals surface area contributed by atoms with E-state index in [4.69, 9.17) is 9.47 Å². The summed E-state index contributed by atoms with van der Waals surface area (Å²) in [6, 6.07) is 8.04. The molecule has 1 heterocycles. The Hall–Kier alpha value is -1.34. The molecule has 7 heteroatoms. The van der Waals surface area contributed by atoms with E-state index in [1.54, 1.807) is 6.92 Å². The third kappa shape index (κ3) is 6.62. The second-order valence-electron chi connectivity index (χ2n) is 7.26. The van der Waals surface area contributed by atoms with Gasteiger partial charge in [0.1, 0.15) is 5.75 Å².